The highest BCUT2D eigenvalue weighted by molar-refractivity contribution is 6.30. The second kappa shape index (κ2) is 6.65. The number of hydrogen-bond donors (Lipinski definition) is 1. The molecular formula is C13H18ClN. The Bertz CT molecular complexity index is 327. The third-order valence-corrected chi connectivity index (χ3v) is 2.37. The van der Waals surface area contributed by atoms with Crippen molar-refractivity contribution in [2.24, 2.45) is 0 Å². The van der Waals surface area contributed by atoms with E-state index in [0.29, 0.717) is 0 Å². The van der Waals surface area contributed by atoms with Crippen molar-refractivity contribution in [2.45, 2.75) is 20.3 Å². The lowest BCUT2D eigenvalue weighted by Gasteiger charge is -2.03. The molecule has 0 spiro atoms. The predicted molar refractivity (Wildman–Crippen MR) is 67.5 cm³/mol. The van der Waals surface area contributed by atoms with E-state index in [9.17, 15) is 0 Å². The summed E-state index contributed by atoms with van der Waals surface area (Å²) in [7, 11) is 0. The van der Waals surface area contributed by atoms with Crippen LogP contribution in [0, 0.1) is 0 Å². The van der Waals surface area contributed by atoms with Crippen molar-refractivity contribution in [3.8, 4) is 0 Å². The normalized spacial score (nSPS) is 10.1. The maximum absolute atomic E-state index is 5.90. The van der Waals surface area contributed by atoms with E-state index in [1.807, 2.05) is 18.2 Å². The average molecular weight is 224 g/mol. The summed E-state index contributed by atoms with van der Waals surface area (Å²) >= 11 is 5.90. The van der Waals surface area contributed by atoms with Crippen LogP contribution in [0.3, 0.4) is 0 Å². The van der Waals surface area contributed by atoms with Crippen LogP contribution < -0.4 is 5.32 Å². The zero-order valence-corrected chi connectivity index (χ0v) is 10.1. The number of nitrogens with one attached hydrogen (secondary N) is 1. The Morgan fingerprint density at radius 1 is 1.40 bits per heavy atom. The van der Waals surface area contributed by atoms with Crippen molar-refractivity contribution in [2.75, 3.05) is 13.1 Å². The fourth-order valence-corrected chi connectivity index (χ4v) is 1.52. The van der Waals surface area contributed by atoms with Gasteiger partial charge in [-0.3, -0.25) is 0 Å². The number of allylic oxidation sites excluding steroid dienone is 1. The summed E-state index contributed by atoms with van der Waals surface area (Å²) in [6, 6.07) is 8.02. The monoisotopic (exact) mass is 223 g/mol. The molecule has 1 aromatic carbocycles. The number of benzene rings is 1. The molecule has 1 rings (SSSR count). The molecule has 0 bridgehead atoms. The van der Waals surface area contributed by atoms with Crippen molar-refractivity contribution >= 4 is 11.6 Å². The highest BCUT2D eigenvalue weighted by atomic mass is 35.5. The summed E-state index contributed by atoms with van der Waals surface area (Å²) in [5, 5.41) is 4.18. The van der Waals surface area contributed by atoms with Gasteiger partial charge in [0.25, 0.3) is 0 Å². The highest BCUT2D eigenvalue weighted by Crippen LogP contribution is 2.10. The predicted octanol–water partition coefficient (Wildman–Crippen LogP) is 3.44. The lowest BCUT2D eigenvalue weighted by molar-refractivity contribution is 0.742. The fraction of sp³-hybridized carbons (Fsp3) is 0.385. The Morgan fingerprint density at radius 2 is 2.20 bits per heavy atom. The average Bonchev–Trinajstić information content (AvgIpc) is 2.17. The summed E-state index contributed by atoms with van der Waals surface area (Å²) < 4.78 is 0. The standard InChI is InChI=1S/C13H18ClN/c1-11(2)6-8-15-9-7-12-4-3-5-13(14)10-12/h3-6,10,15H,7-9H2,1-2H3. The molecule has 0 fully saturated rings. The molecule has 0 radical (unpaired) electrons. The van der Waals surface area contributed by atoms with E-state index in [1.54, 1.807) is 0 Å². The molecule has 82 valence electrons. The Kier molecular flexibility index (Phi) is 5.44. The molecule has 0 saturated carbocycles. The van der Waals surface area contributed by atoms with Crippen LogP contribution in [0.5, 0.6) is 0 Å². The van der Waals surface area contributed by atoms with E-state index in [1.165, 1.54) is 11.1 Å². The molecule has 1 aromatic rings. The van der Waals surface area contributed by atoms with Gasteiger partial charge in [0.2, 0.25) is 0 Å². The summed E-state index contributed by atoms with van der Waals surface area (Å²) in [6.45, 7) is 6.16. The van der Waals surface area contributed by atoms with E-state index in [0.717, 1.165) is 24.5 Å². The van der Waals surface area contributed by atoms with Crippen LogP contribution in [0.4, 0.5) is 0 Å². The second-order valence-electron chi connectivity index (χ2n) is 3.87. The van der Waals surface area contributed by atoms with Gasteiger partial charge in [0.1, 0.15) is 0 Å². The van der Waals surface area contributed by atoms with Crippen LogP contribution in [-0.2, 0) is 6.42 Å². The summed E-state index contributed by atoms with van der Waals surface area (Å²) in [5.41, 5.74) is 2.64. The van der Waals surface area contributed by atoms with Gasteiger partial charge in [0.05, 0.1) is 0 Å². The SMILES string of the molecule is CC(C)=CCNCCc1cccc(Cl)c1. The van der Waals surface area contributed by atoms with E-state index in [-0.39, 0.29) is 0 Å². The van der Waals surface area contributed by atoms with Crippen LogP contribution in [0.1, 0.15) is 19.4 Å². The van der Waals surface area contributed by atoms with Crippen LogP contribution >= 0.6 is 11.6 Å². The van der Waals surface area contributed by atoms with Crippen LogP contribution in [0.15, 0.2) is 35.9 Å². The summed E-state index contributed by atoms with van der Waals surface area (Å²) in [5.74, 6) is 0. The van der Waals surface area contributed by atoms with Crippen molar-refractivity contribution < 1.29 is 0 Å². The van der Waals surface area contributed by atoms with E-state index in [2.05, 4.69) is 31.3 Å². The summed E-state index contributed by atoms with van der Waals surface area (Å²) in [4.78, 5) is 0. The number of rotatable bonds is 5. The van der Waals surface area contributed by atoms with E-state index >= 15 is 0 Å². The third-order valence-electron chi connectivity index (χ3n) is 2.13. The Labute approximate surface area is 97.1 Å². The fourth-order valence-electron chi connectivity index (χ4n) is 1.30. The first-order chi connectivity index (χ1) is 7.18. The molecule has 0 aliphatic rings. The topological polar surface area (TPSA) is 12.0 Å². The minimum atomic E-state index is 0.816. The number of hydrogen-bond acceptors (Lipinski definition) is 1. The minimum absolute atomic E-state index is 0.816. The Balaban J connectivity index is 2.23. The molecule has 0 atom stereocenters. The first kappa shape index (κ1) is 12.3. The Morgan fingerprint density at radius 3 is 2.87 bits per heavy atom. The smallest absolute Gasteiger partial charge is 0.0408 e. The van der Waals surface area contributed by atoms with Gasteiger partial charge in [-0.15, -0.1) is 0 Å². The maximum atomic E-state index is 5.90. The van der Waals surface area contributed by atoms with Gasteiger partial charge in [-0.25, -0.2) is 0 Å². The third kappa shape index (κ3) is 5.60. The van der Waals surface area contributed by atoms with Crippen LogP contribution in [0.2, 0.25) is 5.02 Å². The highest BCUT2D eigenvalue weighted by Gasteiger charge is 1.93. The maximum Gasteiger partial charge on any atom is 0.0408 e. The first-order valence-electron chi connectivity index (χ1n) is 5.27. The van der Waals surface area contributed by atoms with Crippen molar-refractivity contribution in [3.05, 3.63) is 46.5 Å². The van der Waals surface area contributed by atoms with Crippen LogP contribution in [0.25, 0.3) is 0 Å². The zero-order chi connectivity index (χ0) is 11.1. The number of halogens is 1. The molecule has 0 aliphatic heterocycles. The summed E-state index contributed by atoms with van der Waals surface area (Å²) in [6.07, 6.45) is 3.22. The van der Waals surface area contributed by atoms with Gasteiger partial charge in [-0.1, -0.05) is 35.4 Å². The lowest BCUT2D eigenvalue weighted by atomic mass is 10.1. The van der Waals surface area contributed by atoms with Gasteiger partial charge >= 0.3 is 0 Å². The van der Waals surface area contributed by atoms with Gasteiger partial charge in [-0.05, 0) is 44.5 Å². The molecule has 0 aliphatic carbocycles. The zero-order valence-electron chi connectivity index (χ0n) is 9.39. The van der Waals surface area contributed by atoms with Gasteiger partial charge in [0, 0.05) is 11.6 Å². The van der Waals surface area contributed by atoms with Crippen molar-refractivity contribution in [3.63, 3.8) is 0 Å². The molecule has 1 N–H and O–H groups in total. The Hall–Kier alpha value is -0.790. The van der Waals surface area contributed by atoms with Crippen LogP contribution in [-0.4, -0.2) is 13.1 Å². The molecule has 15 heavy (non-hydrogen) atoms. The molecule has 1 nitrogen and oxygen atoms in total. The van der Waals surface area contributed by atoms with Crippen molar-refractivity contribution in [1.29, 1.82) is 0 Å². The van der Waals surface area contributed by atoms with Gasteiger partial charge in [-0.2, -0.15) is 0 Å². The van der Waals surface area contributed by atoms with Gasteiger partial charge in [0.15, 0.2) is 0 Å². The van der Waals surface area contributed by atoms with Crippen molar-refractivity contribution in [1.82, 2.24) is 5.32 Å². The molecule has 0 saturated heterocycles. The lowest BCUT2D eigenvalue weighted by Crippen LogP contribution is -2.17. The molecule has 0 heterocycles. The van der Waals surface area contributed by atoms with E-state index in [4.69, 9.17) is 11.6 Å². The molecule has 0 unspecified atom stereocenters. The quantitative estimate of drug-likeness (QED) is 0.596. The molecular weight excluding hydrogens is 206 g/mol. The molecule has 0 amide bonds. The second-order valence-corrected chi connectivity index (χ2v) is 4.30. The molecule has 0 aromatic heterocycles. The largest absolute Gasteiger partial charge is 0.313 e. The van der Waals surface area contributed by atoms with Gasteiger partial charge < -0.3 is 5.32 Å². The van der Waals surface area contributed by atoms with E-state index < -0.39 is 0 Å². The minimum Gasteiger partial charge on any atom is -0.313 e. The first-order valence-corrected chi connectivity index (χ1v) is 5.65. The molecule has 2 heteroatoms.